The van der Waals surface area contributed by atoms with Crippen LogP contribution in [0.15, 0.2) is 18.2 Å². The molecule has 1 fully saturated rings. The Morgan fingerprint density at radius 2 is 2.21 bits per heavy atom. The predicted molar refractivity (Wildman–Crippen MR) is 93.6 cm³/mol. The first-order valence-corrected chi connectivity index (χ1v) is 8.94. The molecule has 1 aromatic rings. The average Bonchev–Trinajstić information content (AvgIpc) is 2.99. The summed E-state index contributed by atoms with van der Waals surface area (Å²) in [4.78, 5) is 23.7. The zero-order chi connectivity index (χ0) is 17.5. The Morgan fingerprint density at radius 1 is 1.42 bits per heavy atom. The Morgan fingerprint density at radius 3 is 2.79 bits per heavy atom. The van der Waals surface area contributed by atoms with E-state index >= 15 is 0 Å². The van der Waals surface area contributed by atoms with E-state index in [9.17, 15) is 9.59 Å². The van der Waals surface area contributed by atoms with Gasteiger partial charge in [0.25, 0.3) is 0 Å². The molecule has 132 valence electrons. The average molecular weight is 353 g/mol. The fourth-order valence-electron chi connectivity index (χ4n) is 3.11. The van der Waals surface area contributed by atoms with E-state index in [1.807, 2.05) is 12.1 Å². The van der Waals surface area contributed by atoms with Crippen molar-refractivity contribution < 1.29 is 19.1 Å². The summed E-state index contributed by atoms with van der Waals surface area (Å²) in [5.41, 5.74) is 0.814. The fourth-order valence-corrected chi connectivity index (χ4v) is 3.36. The molecule has 0 aliphatic heterocycles. The predicted octanol–water partition coefficient (Wildman–Crippen LogP) is 4.53. The molecule has 24 heavy (non-hydrogen) atoms. The number of ether oxygens (including phenoxy) is 2. The minimum atomic E-state index is -0.395. The second-order valence-corrected chi connectivity index (χ2v) is 6.76. The largest absolute Gasteiger partial charge is 0.492 e. The van der Waals surface area contributed by atoms with Crippen LogP contribution in [0.3, 0.4) is 0 Å². The van der Waals surface area contributed by atoms with Crippen molar-refractivity contribution in [3.8, 4) is 5.75 Å². The maximum atomic E-state index is 12.2. The molecule has 0 spiro atoms. The number of unbranched alkanes of at least 4 members (excludes halogenated alkanes) is 1. The van der Waals surface area contributed by atoms with Gasteiger partial charge in [-0.05, 0) is 42.9 Å². The molecule has 1 aliphatic rings. The van der Waals surface area contributed by atoms with Gasteiger partial charge >= 0.3 is 5.97 Å². The van der Waals surface area contributed by atoms with Crippen molar-refractivity contribution in [1.82, 2.24) is 0 Å². The second-order valence-electron chi connectivity index (χ2n) is 6.35. The lowest BCUT2D eigenvalue weighted by atomic mass is 9.88. The lowest BCUT2D eigenvalue weighted by Crippen LogP contribution is -2.17. The Kier molecular flexibility index (Phi) is 7.10. The molecule has 0 aromatic heterocycles. The molecule has 0 N–H and O–H groups in total. The van der Waals surface area contributed by atoms with Crippen molar-refractivity contribution >= 4 is 23.4 Å². The van der Waals surface area contributed by atoms with Gasteiger partial charge in [0.1, 0.15) is 11.5 Å². The minimum absolute atomic E-state index is 0.237. The molecular formula is C19H25ClO4. The van der Waals surface area contributed by atoms with Gasteiger partial charge in [-0.2, -0.15) is 0 Å². The first kappa shape index (κ1) is 18.8. The van der Waals surface area contributed by atoms with Gasteiger partial charge in [0.15, 0.2) is 0 Å². The molecule has 2 rings (SSSR count). The number of carbonyl (C=O) groups excluding carboxylic acids is 2. The zero-order valence-electron chi connectivity index (χ0n) is 14.3. The number of benzene rings is 1. The summed E-state index contributed by atoms with van der Waals surface area (Å²) in [7, 11) is 1.39. The smallest absolute Gasteiger partial charge is 0.313 e. The number of Topliss-reactive ketones (excluding diaryl/α,β-unsaturated/α-hetero) is 1. The van der Waals surface area contributed by atoms with Gasteiger partial charge in [0.2, 0.25) is 0 Å². The fraction of sp³-hybridized carbons (Fsp3) is 0.579. The number of esters is 1. The van der Waals surface area contributed by atoms with E-state index < -0.39 is 5.92 Å². The van der Waals surface area contributed by atoms with Crippen LogP contribution in [0.4, 0.5) is 0 Å². The van der Waals surface area contributed by atoms with E-state index in [-0.39, 0.29) is 17.7 Å². The summed E-state index contributed by atoms with van der Waals surface area (Å²) in [6.07, 6.45) is 4.66. The number of halogens is 1. The maximum absolute atomic E-state index is 12.2. The van der Waals surface area contributed by atoms with Gasteiger partial charge in [-0.15, -0.1) is 0 Å². The van der Waals surface area contributed by atoms with Gasteiger partial charge in [0.05, 0.1) is 24.7 Å². The van der Waals surface area contributed by atoms with Crippen LogP contribution in [0.1, 0.15) is 56.9 Å². The van der Waals surface area contributed by atoms with E-state index in [1.54, 1.807) is 6.07 Å². The molecule has 2 unspecified atom stereocenters. The van der Waals surface area contributed by atoms with Crippen LogP contribution < -0.4 is 4.74 Å². The summed E-state index contributed by atoms with van der Waals surface area (Å²) < 4.78 is 10.6. The highest BCUT2D eigenvalue weighted by Gasteiger charge is 2.30. The SMILES string of the molecule is CCCCOc1ccc(C(CC2CCC(=O)C2)C(=O)OC)cc1Cl. The summed E-state index contributed by atoms with van der Waals surface area (Å²) in [6.45, 7) is 2.73. The Hall–Kier alpha value is -1.55. The summed E-state index contributed by atoms with van der Waals surface area (Å²) in [5, 5.41) is 0.500. The van der Waals surface area contributed by atoms with E-state index in [1.165, 1.54) is 7.11 Å². The number of methoxy groups -OCH3 is 1. The number of hydrogen-bond donors (Lipinski definition) is 0. The minimum Gasteiger partial charge on any atom is -0.492 e. The first-order valence-electron chi connectivity index (χ1n) is 8.56. The molecule has 0 bridgehead atoms. The van der Waals surface area contributed by atoms with Crippen molar-refractivity contribution in [1.29, 1.82) is 0 Å². The third-order valence-corrected chi connectivity index (χ3v) is 4.81. The molecule has 0 heterocycles. The van der Waals surface area contributed by atoms with Crippen molar-refractivity contribution in [2.75, 3.05) is 13.7 Å². The third kappa shape index (κ3) is 4.97. The van der Waals surface area contributed by atoms with E-state index in [2.05, 4.69) is 6.92 Å². The third-order valence-electron chi connectivity index (χ3n) is 4.52. The lowest BCUT2D eigenvalue weighted by Gasteiger charge is -2.19. The molecule has 4 nitrogen and oxygen atoms in total. The van der Waals surface area contributed by atoms with Crippen LogP contribution in [-0.2, 0) is 14.3 Å². The molecule has 1 aliphatic carbocycles. The number of hydrogen-bond acceptors (Lipinski definition) is 4. The number of rotatable bonds is 8. The van der Waals surface area contributed by atoms with Crippen molar-refractivity contribution in [3.63, 3.8) is 0 Å². The van der Waals surface area contributed by atoms with E-state index in [0.717, 1.165) is 24.8 Å². The number of carbonyl (C=O) groups is 2. The molecule has 1 aromatic carbocycles. The van der Waals surface area contributed by atoms with Gasteiger partial charge in [-0.3, -0.25) is 9.59 Å². The van der Waals surface area contributed by atoms with Crippen LogP contribution in [0, 0.1) is 5.92 Å². The van der Waals surface area contributed by atoms with E-state index in [4.69, 9.17) is 21.1 Å². The molecule has 5 heteroatoms. The lowest BCUT2D eigenvalue weighted by molar-refractivity contribution is -0.143. The van der Waals surface area contributed by atoms with Gasteiger partial charge in [-0.25, -0.2) is 0 Å². The van der Waals surface area contributed by atoms with Crippen LogP contribution >= 0.6 is 11.6 Å². The molecule has 2 atom stereocenters. The topological polar surface area (TPSA) is 52.6 Å². The normalized spacial score (nSPS) is 18.5. The Bertz CT molecular complexity index is 585. The van der Waals surface area contributed by atoms with E-state index in [0.29, 0.717) is 36.6 Å². The van der Waals surface area contributed by atoms with Crippen molar-refractivity contribution in [2.24, 2.45) is 5.92 Å². The summed E-state index contributed by atoms with van der Waals surface area (Å²) >= 11 is 6.31. The van der Waals surface area contributed by atoms with Crippen molar-refractivity contribution in [2.45, 2.75) is 51.4 Å². The van der Waals surface area contributed by atoms with Crippen LogP contribution in [-0.4, -0.2) is 25.5 Å². The Labute approximate surface area is 148 Å². The molecular weight excluding hydrogens is 328 g/mol. The monoisotopic (exact) mass is 352 g/mol. The molecule has 0 saturated heterocycles. The zero-order valence-corrected chi connectivity index (χ0v) is 15.1. The van der Waals surface area contributed by atoms with Gasteiger partial charge in [-0.1, -0.05) is 31.0 Å². The maximum Gasteiger partial charge on any atom is 0.313 e. The summed E-state index contributed by atoms with van der Waals surface area (Å²) in [6, 6.07) is 5.45. The Balaban J connectivity index is 2.12. The van der Waals surface area contributed by atoms with Gasteiger partial charge in [0, 0.05) is 12.8 Å². The van der Waals surface area contributed by atoms with Crippen molar-refractivity contribution in [3.05, 3.63) is 28.8 Å². The summed E-state index contributed by atoms with van der Waals surface area (Å²) in [5.74, 6) is 0.467. The molecule has 1 saturated carbocycles. The first-order chi connectivity index (χ1) is 11.5. The van der Waals surface area contributed by atoms with Gasteiger partial charge < -0.3 is 9.47 Å². The molecule has 0 amide bonds. The standard InChI is InChI=1S/C19H25ClO4/c1-3-4-9-24-18-8-6-14(12-17(18)20)16(19(22)23-2)11-13-5-7-15(21)10-13/h6,8,12-13,16H,3-5,7,9-11H2,1-2H3. The highest BCUT2D eigenvalue weighted by atomic mass is 35.5. The second kappa shape index (κ2) is 9.07. The highest BCUT2D eigenvalue weighted by Crippen LogP contribution is 2.36. The van der Waals surface area contributed by atoms with Crippen LogP contribution in [0.2, 0.25) is 5.02 Å². The van der Waals surface area contributed by atoms with Crippen LogP contribution in [0.5, 0.6) is 5.75 Å². The van der Waals surface area contributed by atoms with Crippen LogP contribution in [0.25, 0.3) is 0 Å². The highest BCUT2D eigenvalue weighted by molar-refractivity contribution is 6.32. The molecule has 0 radical (unpaired) electrons. The quantitative estimate of drug-likeness (QED) is 0.509. The number of ketones is 1.